The number of phosphoric acid groups is 2. The van der Waals surface area contributed by atoms with Crippen LogP contribution >= 0.6 is 15.6 Å². The second-order valence-electron chi connectivity index (χ2n) is 25.9. The number of rotatable bonds is 73. The summed E-state index contributed by atoms with van der Waals surface area (Å²) in [5.74, 6) is -2.24. The molecule has 0 saturated carbocycles. The molecule has 0 rings (SSSR count). The van der Waals surface area contributed by atoms with Crippen LogP contribution in [0.1, 0.15) is 323 Å². The van der Waals surface area contributed by atoms with Gasteiger partial charge in [-0.25, -0.2) is 9.13 Å². The fraction of sp³-hybridized carbons (Fsp3) is 0.728. The average Bonchev–Trinajstić information content (AvgIpc) is 0.946. The minimum absolute atomic E-state index is 0.0339. The molecule has 19 heteroatoms. The molecule has 0 spiro atoms. The SMILES string of the molecule is CC/C=C\C/C=C\C/C=C\C/C=C\C/C=C\CCCCCC(=O)OCC(COP(=O)(O)OCC(O)COP(=O)(O)OCC(COC(=O)CCCCCCCCCCCCCCC)OC(=O)CCCCCCCCCCCCCCC)OC(=O)CCCC/C=C\C/C=C\C/C=C\C/C=C\CC. The highest BCUT2D eigenvalue weighted by atomic mass is 31.2. The first-order valence-corrected chi connectivity index (χ1v) is 42.1. The Balaban J connectivity index is 5.39. The Morgan fingerprint density at radius 1 is 0.290 bits per heavy atom. The van der Waals surface area contributed by atoms with E-state index in [0.29, 0.717) is 32.1 Å². The van der Waals surface area contributed by atoms with Crippen LogP contribution < -0.4 is 0 Å². The number of phosphoric ester groups is 2. The number of unbranched alkanes of at least 4 members (excludes halogenated alkanes) is 29. The molecule has 0 heterocycles. The minimum Gasteiger partial charge on any atom is -0.462 e. The summed E-state index contributed by atoms with van der Waals surface area (Å²) >= 11 is 0. The maximum atomic E-state index is 13.1. The van der Waals surface area contributed by atoms with Crippen LogP contribution in [0.5, 0.6) is 0 Å². The normalized spacial score (nSPS) is 14.5. The lowest BCUT2D eigenvalue weighted by molar-refractivity contribution is -0.161. The Kier molecular flexibility index (Phi) is 69.9. The zero-order valence-electron chi connectivity index (χ0n) is 62.8. The van der Waals surface area contributed by atoms with Crippen molar-refractivity contribution < 1.29 is 80.2 Å². The number of esters is 4. The van der Waals surface area contributed by atoms with Crippen LogP contribution in [0.25, 0.3) is 0 Å². The van der Waals surface area contributed by atoms with Gasteiger partial charge in [0.25, 0.3) is 0 Å². The Labute approximate surface area is 607 Å². The predicted octanol–water partition coefficient (Wildman–Crippen LogP) is 22.6. The van der Waals surface area contributed by atoms with Gasteiger partial charge in [0.05, 0.1) is 26.4 Å². The molecular formula is C81H140O17P2. The maximum Gasteiger partial charge on any atom is 0.472 e. The van der Waals surface area contributed by atoms with Crippen LogP contribution in [0.3, 0.4) is 0 Å². The smallest absolute Gasteiger partial charge is 0.462 e. The third-order valence-electron chi connectivity index (χ3n) is 16.3. The molecule has 3 N–H and O–H groups in total. The van der Waals surface area contributed by atoms with Gasteiger partial charge in [0.2, 0.25) is 0 Å². The molecule has 0 aromatic heterocycles. The van der Waals surface area contributed by atoms with Gasteiger partial charge in [-0.3, -0.25) is 37.3 Å². The first-order valence-electron chi connectivity index (χ1n) is 39.1. The second-order valence-corrected chi connectivity index (χ2v) is 28.8. The second kappa shape index (κ2) is 73.0. The fourth-order valence-electron chi connectivity index (χ4n) is 10.4. The van der Waals surface area contributed by atoms with E-state index in [1.165, 1.54) is 109 Å². The van der Waals surface area contributed by atoms with Gasteiger partial charge in [-0.15, -0.1) is 0 Å². The van der Waals surface area contributed by atoms with Gasteiger partial charge in [-0.05, 0) is 109 Å². The predicted molar refractivity (Wildman–Crippen MR) is 408 cm³/mol. The van der Waals surface area contributed by atoms with E-state index in [-0.39, 0.29) is 25.7 Å². The van der Waals surface area contributed by atoms with Crippen molar-refractivity contribution in [3.05, 3.63) is 109 Å². The summed E-state index contributed by atoms with van der Waals surface area (Å²) in [5, 5.41) is 10.6. The van der Waals surface area contributed by atoms with Crippen LogP contribution in [0.2, 0.25) is 0 Å². The highest BCUT2D eigenvalue weighted by molar-refractivity contribution is 7.47. The molecule has 0 amide bonds. The lowest BCUT2D eigenvalue weighted by Gasteiger charge is -2.21. The summed E-state index contributed by atoms with van der Waals surface area (Å²) < 4.78 is 68.5. The third kappa shape index (κ3) is 72.1. The molecule has 0 aliphatic rings. The van der Waals surface area contributed by atoms with E-state index >= 15 is 0 Å². The van der Waals surface area contributed by atoms with Crippen LogP contribution in [-0.4, -0.2) is 96.7 Å². The summed E-state index contributed by atoms with van der Waals surface area (Å²) in [5.41, 5.74) is 0. The lowest BCUT2D eigenvalue weighted by atomic mass is 10.0. The van der Waals surface area contributed by atoms with E-state index < -0.39 is 97.5 Å². The highest BCUT2D eigenvalue weighted by Crippen LogP contribution is 2.45. The fourth-order valence-corrected chi connectivity index (χ4v) is 11.9. The number of aliphatic hydroxyl groups excluding tert-OH is 1. The van der Waals surface area contributed by atoms with Crippen LogP contribution in [-0.2, 0) is 65.4 Å². The monoisotopic (exact) mass is 1450 g/mol. The Bertz CT molecular complexity index is 2320. The van der Waals surface area contributed by atoms with E-state index in [1.807, 2.05) is 0 Å². The van der Waals surface area contributed by atoms with Crippen molar-refractivity contribution in [2.75, 3.05) is 39.6 Å². The van der Waals surface area contributed by atoms with Crippen molar-refractivity contribution >= 4 is 39.5 Å². The van der Waals surface area contributed by atoms with Gasteiger partial charge in [0, 0.05) is 25.7 Å². The van der Waals surface area contributed by atoms with E-state index in [2.05, 4.69) is 137 Å². The topological polar surface area (TPSA) is 237 Å². The molecule has 17 nitrogen and oxygen atoms in total. The summed E-state index contributed by atoms with van der Waals surface area (Å²) in [7, 11) is -9.97. The minimum atomic E-state index is -4.99. The molecule has 0 aromatic rings. The molecule has 0 aliphatic heterocycles. The standard InChI is InChI=1S/C81H140O17P2/c1-5-9-13-17-21-25-29-33-35-36-37-38-40-43-46-50-54-58-62-66-79(84)92-72-77(98-81(86)68-64-60-56-52-48-44-39-34-30-26-22-18-14-10-6-2)74-96-100(89,90)94-70-75(82)69-93-99(87,88)95-73-76(97-80(85)67-63-59-55-51-47-42-32-28-24-20-16-12-8-4)71-91-78(83)65-61-57-53-49-45-41-31-27-23-19-15-11-7-3/h9-10,13-14,21-22,25-26,33-35,37-39,43,46,48,52,75-77,82H,5-8,11-12,15-20,23-24,27-32,36,40-42,44-45,47,49-51,53-74H2,1-4H3,(H,87,88)(H,89,90)/b13-9-,14-10-,25-21-,26-22-,35-33-,38-37-,39-34-,46-43-,52-48-. The molecule has 0 aliphatic carbocycles. The van der Waals surface area contributed by atoms with Gasteiger partial charge in [-0.2, -0.15) is 0 Å². The first-order chi connectivity index (χ1) is 48.7. The lowest BCUT2D eigenvalue weighted by Crippen LogP contribution is -2.30. The van der Waals surface area contributed by atoms with Crippen molar-refractivity contribution in [3.63, 3.8) is 0 Å². The van der Waals surface area contributed by atoms with Crippen molar-refractivity contribution in [1.82, 2.24) is 0 Å². The van der Waals surface area contributed by atoms with Crippen molar-refractivity contribution in [2.45, 2.75) is 341 Å². The molecule has 5 unspecified atom stereocenters. The van der Waals surface area contributed by atoms with Crippen molar-refractivity contribution in [2.24, 2.45) is 0 Å². The molecule has 100 heavy (non-hydrogen) atoms. The number of carbonyl (C=O) groups excluding carboxylic acids is 4. The number of carbonyl (C=O) groups is 4. The molecule has 576 valence electrons. The Hall–Kier alpha value is -4.28. The number of ether oxygens (including phenoxy) is 4. The van der Waals surface area contributed by atoms with Crippen LogP contribution in [0.15, 0.2) is 109 Å². The third-order valence-corrected chi connectivity index (χ3v) is 18.2. The van der Waals surface area contributed by atoms with Crippen molar-refractivity contribution in [1.29, 1.82) is 0 Å². The molecule has 0 radical (unpaired) electrons. The molecule has 0 aromatic carbocycles. The number of hydrogen-bond donors (Lipinski definition) is 3. The Morgan fingerprint density at radius 2 is 0.520 bits per heavy atom. The Morgan fingerprint density at radius 3 is 0.820 bits per heavy atom. The van der Waals surface area contributed by atoms with Crippen LogP contribution in [0.4, 0.5) is 0 Å². The maximum absolute atomic E-state index is 13.1. The van der Waals surface area contributed by atoms with E-state index in [0.717, 1.165) is 128 Å². The van der Waals surface area contributed by atoms with Gasteiger partial charge < -0.3 is 33.8 Å². The van der Waals surface area contributed by atoms with Gasteiger partial charge in [0.1, 0.15) is 19.3 Å². The summed E-state index contributed by atoms with van der Waals surface area (Å²) in [6.07, 6.45) is 77.9. The van der Waals surface area contributed by atoms with Gasteiger partial charge >= 0.3 is 39.5 Å². The van der Waals surface area contributed by atoms with E-state index in [1.54, 1.807) is 0 Å². The molecule has 0 saturated heterocycles. The van der Waals surface area contributed by atoms with Gasteiger partial charge in [-0.1, -0.05) is 298 Å². The molecule has 0 bridgehead atoms. The van der Waals surface area contributed by atoms with E-state index in [4.69, 9.17) is 37.0 Å². The zero-order chi connectivity index (χ0) is 73.2. The summed E-state index contributed by atoms with van der Waals surface area (Å²) in [4.78, 5) is 72.9. The first kappa shape index (κ1) is 95.7. The van der Waals surface area contributed by atoms with Crippen molar-refractivity contribution in [3.8, 4) is 0 Å². The number of hydrogen-bond acceptors (Lipinski definition) is 15. The largest absolute Gasteiger partial charge is 0.472 e. The molecule has 5 atom stereocenters. The number of allylic oxidation sites excluding steroid dienone is 18. The molecular weight excluding hydrogens is 1310 g/mol. The average molecular weight is 1450 g/mol. The highest BCUT2D eigenvalue weighted by Gasteiger charge is 2.30. The summed E-state index contributed by atoms with van der Waals surface area (Å²) in [6, 6.07) is 0. The molecule has 0 fully saturated rings. The zero-order valence-corrected chi connectivity index (χ0v) is 64.6. The van der Waals surface area contributed by atoms with Crippen LogP contribution in [0, 0.1) is 0 Å². The van der Waals surface area contributed by atoms with E-state index in [9.17, 15) is 43.2 Å². The quantitative estimate of drug-likeness (QED) is 0.0169. The number of aliphatic hydroxyl groups is 1. The van der Waals surface area contributed by atoms with Gasteiger partial charge in [0.15, 0.2) is 12.2 Å². The summed E-state index contributed by atoms with van der Waals surface area (Å²) in [6.45, 7) is 4.59.